The van der Waals surface area contributed by atoms with Gasteiger partial charge in [0, 0.05) is 24.1 Å². The second-order valence-corrected chi connectivity index (χ2v) is 6.92. The van der Waals surface area contributed by atoms with Crippen LogP contribution in [0.1, 0.15) is 41.6 Å². The molecule has 3 rings (SSSR count). The van der Waals surface area contributed by atoms with Gasteiger partial charge in [0.25, 0.3) is 5.91 Å². The number of nitrogens with two attached hydrogens (primary N) is 1. The zero-order chi connectivity index (χ0) is 17.3. The molecule has 1 aromatic rings. The number of benzene rings is 1. The Hall–Kier alpha value is -1.95. The van der Waals surface area contributed by atoms with Crippen molar-refractivity contribution in [1.82, 2.24) is 4.90 Å². The first kappa shape index (κ1) is 16.9. The lowest BCUT2D eigenvalue weighted by Crippen LogP contribution is -2.54. The summed E-state index contributed by atoms with van der Waals surface area (Å²) in [5.41, 5.74) is 6.13. The molecule has 0 bridgehead atoms. The lowest BCUT2D eigenvalue weighted by molar-refractivity contribution is -0.148. The SMILES string of the molecule is Cc1ccc(C(=O)N2CCC3(CCC3OCC(N)=O)CC2)cc1F. The third-order valence-corrected chi connectivity index (χ3v) is 5.48. The number of rotatable bonds is 4. The Bertz CT molecular complexity index is 654. The van der Waals surface area contributed by atoms with Gasteiger partial charge in [-0.25, -0.2) is 4.39 Å². The summed E-state index contributed by atoms with van der Waals surface area (Å²) in [6.45, 7) is 2.89. The molecule has 1 aliphatic heterocycles. The van der Waals surface area contributed by atoms with Crippen molar-refractivity contribution < 1.29 is 18.7 Å². The number of ether oxygens (including phenoxy) is 1. The number of carbonyl (C=O) groups excluding carboxylic acids is 2. The molecule has 1 atom stereocenters. The van der Waals surface area contributed by atoms with E-state index in [-0.39, 0.29) is 29.9 Å². The summed E-state index contributed by atoms with van der Waals surface area (Å²) in [5.74, 6) is -0.933. The number of halogens is 1. The molecule has 1 spiro atoms. The maximum atomic E-state index is 13.7. The average molecular weight is 334 g/mol. The lowest BCUT2D eigenvalue weighted by atomic mass is 9.60. The molecular formula is C18H23FN2O3. The van der Waals surface area contributed by atoms with Gasteiger partial charge in [-0.15, -0.1) is 0 Å². The van der Waals surface area contributed by atoms with E-state index in [4.69, 9.17) is 10.5 Å². The van der Waals surface area contributed by atoms with Crippen molar-refractivity contribution in [3.63, 3.8) is 0 Å². The molecule has 1 aliphatic carbocycles. The Morgan fingerprint density at radius 3 is 2.58 bits per heavy atom. The van der Waals surface area contributed by atoms with Gasteiger partial charge in [0.2, 0.25) is 5.91 Å². The molecule has 2 aliphatic rings. The summed E-state index contributed by atoms with van der Waals surface area (Å²) in [4.78, 5) is 25.2. The van der Waals surface area contributed by atoms with E-state index in [0.29, 0.717) is 24.2 Å². The predicted octanol–water partition coefficient (Wildman–Crippen LogP) is 2.02. The zero-order valence-corrected chi connectivity index (χ0v) is 13.9. The van der Waals surface area contributed by atoms with Gasteiger partial charge in [0.1, 0.15) is 12.4 Å². The van der Waals surface area contributed by atoms with Crippen molar-refractivity contribution in [2.24, 2.45) is 11.1 Å². The summed E-state index contributed by atoms with van der Waals surface area (Å²) >= 11 is 0. The van der Waals surface area contributed by atoms with Crippen molar-refractivity contribution in [3.05, 3.63) is 35.1 Å². The first-order valence-electron chi connectivity index (χ1n) is 8.37. The Morgan fingerprint density at radius 1 is 1.33 bits per heavy atom. The summed E-state index contributed by atoms with van der Waals surface area (Å²) < 4.78 is 19.3. The third kappa shape index (κ3) is 3.15. The molecule has 2 fully saturated rings. The monoisotopic (exact) mass is 334 g/mol. The first-order chi connectivity index (χ1) is 11.4. The number of aryl methyl sites for hydroxylation is 1. The molecule has 2 amide bonds. The minimum absolute atomic E-state index is 0.0439. The van der Waals surface area contributed by atoms with Crippen LogP contribution >= 0.6 is 0 Å². The van der Waals surface area contributed by atoms with E-state index in [0.717, 1.165) is 25.7 Å². The molecule has 5 nitrogen and oxygen atoms in total. The number of amides is 2. The molecule has 24 heavy (non-hydrogen) atoms. The molecule has 1 unspecified atom stereocenters. The van der Waals surface area contributed by atoms with E-state index in [1.54, 1.807) is 24.0 Å². The minimum atomic E-state index is -0.453. The standard InChI is InChI=1S/C18H23FN2O3/c1-12-2-3-13(10-14(12)19)17(23)21-8-6-18(7-9-21)5-4-15(18)24-11-16(20)22/h2-3,10,15H,4-9,11H2,1H3,(H2,20,22). The maximum absolute atomic E-state index is 13.7. The smallest absolute Gasteiger partial charge is 0.253 e. The Kier molecular flexibility index (Phi) is 4.58. The molecule has 1 saturated heterocycles. The highest BCUT2D eigenvalue weighted by atomic mass is 19.1. The highest BCUT2D eigenvalue weighted by Gasteiger charge is 2.49. The average Bonchev–Trinajstić information content (AvgIpc) is 2.55. The van der Waals surface area contributed by atoms with Gasteiger partial charge in [-0.1, -0.05) is 6.07 Å². The molecule has 6 heteroatoms. The van der Waals surface area contributed by atoms with Crippen LogP contribution in [-0.2, 0) is 9.53 Å². The highest BCUT2D eigenvalue weighted by molar-refractivity contribution is 5.94. The van der Waals surface area contributed by atoms with E-state index in [2.05, 4.69) is 0 Å². The van der Waals surface area contributed by atoms with E-state index in [1.807, 2.05) is 0 Å². The summed E-state index contributed by atoms with van der Waals surface area (Å²) in [6, 6.07) is 4.62. The van der Waals surface area contributed by atoms with Gasteiger partial charge >= 0.3 is 0 Å². The Labute approximate surface area is 141 Å². The van der Waals surface area contributed by atoms with Gasteiger partial charge < -0.3 is 15.4 Å². The fourth-order valence-corrected chi connectivity index (χ4v) is 3.75. The van der Waals surface area contributed by atoms with Crippen LogP contribution in [-0.4, -0.2) is 42.5 Å². The second kappa shape index (κ2) is 6.51. The van der Waals surface area contributed by atoms with Crippen LogP contribution in [0, 0.1) is 18.2 Å². The van der Waals surface area contributed by atoms with Crippen LogP contribution in [0.4, 0.5) is 4.39 Å². The molecule has 1 saturated carbocycles. The van der Waals surface area contributed by atoms with Gasteiger partial charge in [-0.2, -0.15) is 0 Å². The number of piperidine rings is 1. The zero-order valence-electron chi connectivity index (χ0n) is 13.9. The fraction of sp³-hybridized carbons (Fsp3) is 0.556. The molecular weight excluding hydrogens is 311 g/mol. The van der Waals surface area contributed by atoms with Gasteiger partial charge in [0.05, 0.1) is 6.10 Å². The minimum Gasteiger partial charge on any atom is -0.368 e. The number of nitrogens with zero attached hydrogens (tertiary/aromatic N) is 1. The van der Waals surface area contributed by atoms with Crippen molar-refractivity contribution in [2.45, 2.75) is 38.7 Å². The molecule has 130 valence electrons. The van der Waals surface area contributed by atoms with Crippen LogP contribution in [0.25, 0.3) is 0 Å². The number of carbonyl (C=O) groups is 2. The predicted molar refractivity (Wildman–Crippen MR) is 86.9 cm³/mol. The van der Waals surface area contributed by atoms with Crippen molar-refractivity contribution >= 4 is 11.8 Å². The van der Waals surface area contributed by atoms with Crippen molar-refractivity contribution in [3.8, 4) is 0 Å². The van der Waals surface area contributed by atoms with Crippen LogP contribution in [0.5, 0.6) is 0 Å². The van der Waals surface area contributed by atoms with Crippen LogP contribution in [0.3, 0.4) is 0 Å². The number of likely N-dealkylation sites (tertiary alicyclic amines) is 1. The second-order valence-electron chi connectivity index (χ2n) is 6.92. The summed E-state index contributed by atoms with van der Waals surface area (Å²) in [7, 11) is 0. The van der Waals surface area contributed by atoms with Gasteiger partial charge in [-0.3, -0.25) is 9.59 Å². The molecule has 1 aromatic carbocycles. The quantitative estimate of drug-likeness (QED) is 0.915. The van der Waals surface area contributed by atoms with E-state index < -0.39 is 5.91 Å². The molecule has 1 heterocycles. The normalized spacial score (nSPS) is 22.2. The number of primary amides is 1. The van der Waals surface area contributed by atoms with Crippen molar-refractivity contribution in [2.75, 3.05) is 19.7 Å². The molecule has 2 N–H and O–H groups in total. The van der Waals surface area contributed by atoms with E-state index in [9.17, 15) is 14.0 Å². The maximum Gasteiger partial charge on any atom is 0.253 e. The van der Waals surface area contributed by atoms with Crippen LogP contribution < -0.4 is 5.73 Å². The Balaban J connectivity index is 1.59. The van der Waals surface area contributed by atoms with Crippen LogP contribution in [0.15, 0.2) is 18.2 Å². The largest absolute Gasteiger partial charge is 0.368 e. The summed E-state index contributed by atoms with van der Waals surface area (Å²) in [5, 5.41) is 0. The number of hydrogen-bond acceptors (Lipinski definition) is 3. The fourth-order valence-electron chi connectivity index (χ4n) is 3.75. The summed E-state index contributed by atoms with van der Waals surface area (Å²) in [6.07, 6.45) is 3.73. The Morgan fingerprint density at radius 2 is 2.04 bits per heavy atom. The number of hydrogen-bond donors (Lipinski definition) is 1. The van der Waals surface area contributed by atoms with Crippen LogP contribution in [0.2, 0.25) is 0 Å². The topological polar surface area (TPSA) is 72.6 Å². The first-order valence-corrected chi connectivity index (χ1v) is 8.37. The third-order valence-electron chi connectivity index (χ3n) is 5.48. The molecule has 0 aromatic heterocycles. The van der Waals surface area contributed by atoms with E-state index >= 15 is 0 Å². The van der Waals surface area contributed by atoms with Crippen molar-refractivity contribution in [1.29, 1.82) is 0 Å². The highest BCUT2D eigenvalue weighted by Crippen LogP contribution is 2.50. The molecule has 0 radical (unpaired) electrons. The van der Waals surface area contributed by atoms with E-state index in [1.165, 1.54) is 6.07 Å². The lowest BCUT2D eigenvalue weighted by Gasteiger charge is -2.53. The van der Waals surface area contributed by atoms with Gasteiger partial charge in [-0.05, 0) is 50.3 Å². The van der Waals surface area contributed by atoms with Gasteiger partial charge in [0.15, 0.2) is 0 Å².